The van der Waals surface area contributed by atoms with Crippen LogP contribution >= 0.6 is 11.6 Å². The lowest BCUT2D eigenvalue weighted by atomic mass is 10.2. The quantitative estimate of drug-likeness (QED) is 0.726. The maximum atomic E-state index is 13.8. The van der Waals surface area contributed by atoms with Crippen molar-refractivity contribution in [3.8, 4) is 0 Å². The Kier molecular flexibility index (Phi) is 5.44. The minimum Gasteiger partial charge on any atom is -0.269 e. The maximum Gasteiger partial charge on any atom is 0.262 e. The van der Waals surface area contributed by atoms with Gasteiger partial charge in [0.1, 0.15) is 0 Å². The number of carbonyl (C=O) groups excluding carboxylic acids is 1. The number of alkyl halides is 2. The van der Waals surface area contributed by atoms with Gasteiger partial charge in [-0.05, 0) is 36.8 Å². The van der Waals surface area contributed by atoms with Gasteiger partial charge < -0.3 is 0 Å². The molecule has 2 aliphatic heterocycles. The average Bonchev–Trinajstić information content (AvgIpc) is 2.51. The molecule has 23 heavy (non-hydrogen) atoms. The fraction of sp³-hybridized carbons (Fsp3) is 0.200. The highest BCUT2D eigenvalue weighted by Gasteiger charge is 2.32. The van der Waals surface area contributed by atoms with Gasteiger partial charge in [0.2, 0.25) is 18.8 Å². The van der Waals surface area contributed by atoms with Gasteiger partial charge in [-0.25, -0.2) is 18.7 Å². The van der Waals surface area contributed by atoms with Crippen LogP contribution in [-0.4, -0.2) is 30.2 Å². The number of hydrogen-bond acceptors (Lipinski definition) is 3. The molecule has 0 N–H and O–H groups in total. The second-order valence-electron chi connectivity index (χ2n) is 4.57. The largest absolute Gasteiger partial charge is 0.269 e. The van der Waals surface area contributed by atoms with Gasteiger partial charge in [-0.3, -0.25) is 9.69 Å². The standard InChI is InChI=1S/C14H11ClFN3O.CH2F2/c1-9-7-10(3-4-11(9)15)19-13(20)8-12(16)18-6-2-5-17-14(18)19;2-1-3/h2-4,6-8H,5H2,1H3;1H2. The summed E-state index contributed by atoms with van der Waals surface area (Å²) in [4.78, 5) is 18.9. The molecule has 122 valence electrons. The molecule has 1 aromatic rings. The van der Waals surface area contributed by atoms with Crippen molar-refractivity contribution in [1.82, 2.24) is 4.90 Å². The van der Waals surface area contributed by atoms with E-state index in [9.17, 15) is 18.0 Å². The number of nitrogens with zero attached hydrogens (tertiary/aromatic N) is 3. The SMILES string of the molecule is Cc1cc(N2C(=O)C=C(F)N3C=CCN=C32)ccc1Cl.FCF. The van der Waals surface area contributed by atoms with Crippen LogP contribution in [0.5, 0.6) is 0 Å². The Hall–Kier alpha value is -2.28. The zero-order valence-corrected chi connectivity index (χ0v) is 12.9. The van der Waals surface area contributed by atoms with E-state index in [1.807, 2.05) is 6.92 Å². The van der Waals surface area contributed by atoms with Crippen molar-refractivity contribution < 1.29 is 18.0 Å². The van der Waals surface area contributed by atoms with Crippen molar-refractivity contribution in [2.45, 2.75) is 6.92 Å². The second kappa shape index (κ2) is 7.32. The number of carbonyl (C=O) groups is 1. The molecule has 4 nitrogen and oxygen atoms in total. The van der Waals surface area contributed by atoms with Crippen molar-refractivity contribution in [3.63, 3.8) is 0 Å². The molecule has 1 aromatic carbocycles. The van der Waals surface area contributed by atoms with Crippen LogP contribution in [0.25, 0.3) is 0 Å². The highest BCUT2D eigenvalue weighted by Crippen LogP contribution is 2.28. The molecular formula is C15H13ClF3N3O. The normalized spacial score (nSPS) is 16.3. The van der Waals surface area contributed by atoms with Crippen LogP contribution in [0.15, 0.2) is 47.5 Å². The first-order chi connectivity index (χ1) is 11.0. The molecule has 0 unspecified atom stereocenters. The third kappa shape index (κ3) is 3.56. The summed E-state index contributed by atoms with van der Waals surface area (Å²) in [5, 5.41) is 0.613. The molecule has 2 heterocycles. The summed E-state index contributed by atoms with van der Waals surface area (Å²) in [5.41, 5.74) is 1.45. The topological polar surface area (TPSA) is 35.9 Å². The van der Waals surface area contributed by atoms with Crippen LogP contribution in [0.2, 0.25) is 5.02 Å². The fourth-order valence-corrected chi connectivity index (χ4v) is 2.24. The van der Waals surface area contributed by atoms with Crippen LogP contribution in [0, 0.1) is 6.92 Å². The van der Waals surface area contributed by atoms with E-state index in [1.54, 1.807) is 30.5 Å². The molecule has 0 aromatic heterocycles. The van der Waals surface area contributed by atoms with Gasteiger partial charge in [0.15, 0.2) is 0 Å². The monoisotopic (exact) mass is 343 g/mol. The van der Waals surface area contributed by atoms with Crippen LogP contribution < -0.4 is 4.90 Å². The van der Waals surface area contributed by atoms with E-state index in [1.165, 1.54) is 9.80 Å². The molecule has 0 saturated carbocycles. The number of hydrogen-bond donors (Lipinski definition) is 0. The van der Waals surface area contributed by atoms with Crippen LogP contribution in [0.1, 0.15) is 5.56 Å². The lowest BCUT2D eigenvalue weighted by molar-refractivity contribution is -0.113. The third-order valence-electron chi connectivity index (χ3n) is 3.10. The highest BCUT2D eigenvalue weighted by molar-refractivity contribution is 6.31. The number of rotatable bonds is 1. The summed E-state index contributed by atoms with van der Waals surface area (Å²) in [7, 11) is 0. The molecule has 0 fully saturated rings. The number of halogens is 4. The number of fused-ring (bicyclic) bond motifs is 1. The van der Waals surface area contributed by atoms with E-state index in [2.05, 4.69) is 4.99 Å². The van der Waals surface area contributed by atoms with Crippen LogP contribution in [-0.2, 0) is 4.79 Å². The van der Waals surface area contributed by atoms with Crippen LogP contribution in [0.3, 0.4) is 0 Å². The lowest BCUT2D eigenvalue weighted by Crippen LogP contribution is -2.49. The van der Waals surface area contributed by atoms with Gasteiger partial charge in [0.05, 0.1) is 18.3 Å². The first kappa shape index (κ1) is 17.1. The Bertz CT molecular complexity index is 703. The number of amides is 1. The molecule has 8 heteroatoms. The van der Waals surface area contributed by atoms with E-state index in [4.69, 9.17) is 11.6 Å². The third-order valence-corrected chi connectivity index (χ3v) is 3.52. The van der Waals surface area contributed by atoms with Crippen molar-refractivity contribution in [1.29, 1.82) is 0 Å². The van der Waals surface area contributed by atoms with Gasteiger partial charge in [-0.1, -0.05) is 11.6 Å². The van der Waals surface area contributed by atoms with Gasteiger partial charge in [-0.2, -0.15) is 4.39 Å². The molecule has 0 spiro atoms. The zero-order chi connectivity index (χ0) is 17.0. The Balaban J connectivity index is 0.000000595. The van der Waals surface area contributed by atoms with E-state index in [0.29, 0.717) is 17.3 Å². The van der Waals surface area contributed by atoms with Gasteiger partial charge in [0.25, 0.3) is 5.91 Å². The Morgan fingerprint density at radius 1 is 1.35 bits per heavy atom. The van der Waals surface area contributed by atoms with E-state index >= 15 is 0 Å². The molecule has 0 saturated heterocycles. The number of benzene rings is 1. The van der Waals surface area contributed by atoms with Crippen LogP contribution in [0.4, 0.5) is 18.9 Å². The first-order valence-electron chi connectivity index (χ1n) is 6.59. The van der Waals surface area contributed by atoms with Crippen molar-refractivity contribution in [3.05, 3.63) is 53.1 Å². The molecule has 0 atom stereocenters. The smallest absolute Gasteiger partial charge is 0.262 e. The average molecular weight is 344 g/mol. The molecule has 3 rings (SSSR count). The lowest BCUT2D eigenvalue weighted by Gasteiger charge is -2.34. The van der Waals surface area contributed by atoms with Gasteiger partial charge in [-0.15, -0.1) is 0 Å². The maximum absolute atomic E-state index is 13.8. The summed E-state index contributed by atoms with van der Waals surface area (Å²) < 4.78 is 33.0. The Morgan fingerprint density at radius 2 is 2.04 bits per heavy atom. The molecular weight excluding hydrogens is 331 g/mol. The summed E-state index contributed by atoms with van der Waals surface area (Å²) in [6.45, 7) is 0.506. The van der Waals surface area contributed by atoms with E-state index < -0.39 is 18.8 Å². The van der Waals surface area contributed by atoms with Gasteiger partial charge in [0, 0.05) is 11.2 Å². The Labute approximate surface area is 136 Å². The molecule has 0 radical (unpaired) electrons. The first-order valence-corrected chi connectivity index (χ1v) is 6.97. The minimum absolute atomic E-state index is 0.263. The summed E-state index contributed by atoms with van der Waals surface area (Å²) >= 11 is 5.99. The summed E-state index contributed by atoms with van der Waals surface area (Å²) in [5.74, 6) is -0.833. The molecule has 0 bridgehead atoms. The summed E-state index contributed by atoms with van der Waals surface area (Å²) in [6, 6.07) is 5.19. The molecule has 2 aliphatic rings. The van der Waals surface area contributed by atoms with Crippen molar-refractivity contribution >= 4 is 29.2 Å². The predicted molar refractivity (Wildman–Crippen MR) is 83.2 cm³/mol. The number of aryl methyl sites for hydroxylation is 1. The highest BCUT2D eigenvalue weighted by atomic mass is 35.5. The predicted octanol–water partition coefficient (Wildman–Crippen LogP) is 3.87. The van der Waals surface area contributed by atoms with E-state index in [-0.39, 0.29) is 5.96 Å². The number of anilines is 1. The van der Waals surface area contributed by atoms with Crippen molar-refractivity contribution in [2.75, 3.05) is 18.4 Å². The minimum atomic E-state index is -1.75. The van der Waals surface area contributed by atoms with E-state index in [0.717, 1.165) is 11.6 Å². The second-order valence-corrected chi connectivity index (χ2v) is 4.98. The molecule has 1 amide bonds. The van der Waals surface area contributed by atoms with Gasteiger partial charge >= 0.3 is 0 Å². The molecule has 0 aliphatic carbocycles. The Morgan fingerprint density at radius 3 is 2.70 bits per heavy atom. The fourth-order valence-electron chi connectivity index (χ4n) is 2.12. The number of guanidine groups is 1. The zero-order valence-electron chi connectivity index (χ0n) is 12.1. The number of aliphatic imine (C=N–C) groups is 1. The van der Waals surface area contributed by atoms with Crippen molar-refractivity contribution in [2.24, 2.45) is 4.99 Å². The summed E-state index contributed by atoms with van der Waals surface area (Å²) in [6.07, 6.45) is 4.23.